The van der Waals surface area contributed by atoms with Crippen molar-refractivity contribution in [1.29, 1.82) is 5.41 Å². The first kappa shape index (κ1) is 41.8. The van der Waals surface area contributed by atoms with Gasteiger partial charge in [0.15, 0.2) is 12.2 Å². The third-order valence-electron chi connectivity index (χ3n) is 11.5. The topological polar surface area (TPSA) is 150 Å². The van der Waals surface area contributed by atoms with Crippen LogP contribution in [0.5, 0.6) is 0 Å². The second kappa shape index (κ2) is 17.7. The van der Waals surface area contributed by atoms with Gasteiger partial charge in [-0.15, -0.1) is 15.3 Å². The van der Waals surface area contributed by atoms with Gasteiger partial charge in [0, 0.05) is 47.8 Å². The van der Waals surface area contributed by atoms with E-state index in [0.717, 1.165) is 5.56 Å². The van der Waals surface area contributed by atoms with Crippen molar-refractivity contribution in [2.45, 2.75) is 31.5 Å². The molecule has 2 aliphatic heterocycles. The molecule has 0 bridgehead atoms. The van der Waals surface area contributed by atoms with Gasteiger partial charge in [0.2, 0.25) is 5.91 Å². The van der Waals surface area contributed by atoms with Crippen LogP contribution in [0.4, 0.5) is 19.0 Å². The number of likely N-dealkylation sites (tertiary alicyclic amines) is 2. The van der Waals surface area contributed by atoms with Crippen LogP contribution in [0, 0.1) is 17.0 Å². The van der Waals surface area contributed by atoms with Crippen molar-refractivity contribution in [1.82, 2.24) is 40.0 Å². The largest absolute Gasteiger partial charge is 0.340 e. The van der Waals surface area contributed by atoms with Crippen LogP contribution in [0.1, 0.15) is 35.4 Å². The summed E-state index contributed by atoms with van der Waals surface area (Å²) in [7, 11) is 0. The summed E-state index contributed by atoms with van der Waals surface area (Å²) < 4.78 is 45.7. The lowest BCUT2D eigenvalue weighted by Gasteiger charge is -2.18. The Bertz CT molecular complexity index is 2900. The van der Waals surface area contributed by atoms with Crippen LogP contribution in [-0.4, -0.2) is 96.4 Å². The van der Waals surface area contributed by atoms with Crippen molar-refractivity contribution in [2.75, 3.05) is 32.7 Å². The second-order valence-corrected chi connectivity index (χ2v) is 16.3. The van der Waals surface area contributed by atoms with E-state index in [9.17, 15) is 23.8 Å². The quantitative estimate of drug-likeness (QED) is 0.129. The smallest absolute Gasteiger partial charge is 0.278 e. The monoisotopic (exact) mass is 889 g/mol. The molecule has 12 nitrogen and oxygen atoms in total. The van der Waals surface area contributed by atoms with E-state index >= 15 is 4.39 Å². The van der Waals surface area contributed by atoms with Gasteiger partial charge in [0.1, 0.15) is 47.0 Å². The van der Waals surface area contributed by atoms with Gasteiger partial charge >= 0.3 is 0 Å². The number of nitrogens with one attached hydrogen (secondary N) is 1. The molecule has 318 valence electrons. The Hall–Kier alpha value is -6.55. The number of halogens is 5. The minimum atomic E-state index is -1.07. The normalized spacial score (nSPS) is 16.3. The van der Waals surface area contributed by atoms with Crippen LogP contribution in [0.3, 0.4) is 0 Å². The molecular weight excluding hydrogens is 852 g/mol. The molecule has 2 atom stereocenters. The molecule has 0 aliphatic carbocycles. The summed E-state index contributed by atoms with van der Waals surface area (Å²) >= 11 is 13.9. The van der Waals surface area contributed by atoms with Gasteiger partial charge in [-0.05, 0) is 36.6 Å². The van der Waals surface area contributed by atoms with Crippen LogP contribution >= 0.6 is 23.2 Å². The zero-order valence-corrected chi connectivity index (χ0v) is 35.0. The number of hydrogen-bond acceptors (Lipinski definition) is 8. The number of rotatable bonds is 11. The first-order valence-electron chi connectivity index (χ1n) is 20.3. The maximum absolute atomic E-state index is 16.2. The summed E-state index contributed by atoms with van der Waals surface area (Å²) in [5, 5.41) is 33.8. The lowest BCUT2D eigenvalue weighted by atomic mass is 9.94. The van der Waals surface area contributed by atoms with Gasteiger partial charge in [0.05, 0.1) is 27.7 Å². The van der Waals surface area contributed by atoms with Gasteiger partial charge < -0.3 is 9.80 Å². The van der Waals surface area contributed by atoms with E-state index in [1.807, 2.05) is 48.5 Å². The van der Waals surface area contributed by atoms with E-state index in [2.05, 4.69) is 20.4 Å². The van der Waals surface area contributed by atoms with E-state index in [0.29, 0.717) is 53.0 Å². The van der Waals surface area contributed by atoms with E-state index in [1.165, 1.54) is 33.1 Å². The van der Waals surface area contributed by atoms with Crippen molar-refractivity contribution >= 4 is 57.6 Å². The molecule has 2 saturated heterocycles. The van der Waals surface area contributed by atoms with Crippen LogP contribution in [0.15, 0.2) is 103 Å². The number of fused-ring (bicyclic) bond motifs is 1. The van der Waals surface area contributed by atoms with E-state index in [1.54, 1.807) is 41.3 Å². The molecule has 17 heteroatoms. The molecule has 0 spiro atoms. The first-order chi connectivity index (χ1) is 30.5. The zero-order chi connectivity index (χ0) is 43.8. The van der Waals surface area contributed by atoms with Crippen molar-refractivity contribution in [3.05, 3.63) is 141 Å². The number of hydrogen-bond donors (Lipinski definition) is 2. The van der Waals surface area contributed by atoms with Crippen LogP contribution < -0.4 is 5.32 Å². The third-order valence-corrected chi connectivity index (χ3v) is 12.2. The minimum Gasteiger partial charge on any atom is -0.340 e. The van der Waals surface area contributed by atoms with Crippen molar-refractivity contribution < 1.29 is 28.1 Å². The Balaban J connectivity index is 0.947. The maximum Gasteiger partial charge on any atom is 0.278 e. The number of alkyl halides is 1. The molecular formula is C46H38Cl2F3N10O2+. The number of carbonyl (C=O) groups is 2. The number of nitrogens with two attached hydrogens (primary N) is 1. The molecule has 0 saturated carbocycles. The fourth-order valence-electron chi connectivity index (χ4n) is 8.22. The summed E-state index contributed by atoms with van der Waals surface area (Å²) in [6, 6.07) is 28.8. The molecule has 0 radical (unpaired) electrons. The number of benzene rings is 4. The van der Waals surface area contributed by atoms with Gasteiger partial charge in [-0.25, -0.2) is 17.9 Å². The minimum absolute atomic E-state index is 0.0238. The molecule has 4 aromatic carbocycles. The van der Waals surface area contributed by atoms with Gasteiger partial charge in [-0.3, -0.25) is 20.3 Å². The molecule has 3 N–H and O–H groups in total. The molecule has 9 rings (SSSR count). The number of nitrogens with zero attached hydrogens (tertiary/aromatic N) is 8. The summed E-state index contributed by atoms with van der Waals surface area (Å²) in [5.41, 5.74) is 3.84. The Morgan fingerprint density at radius 3 is 2.10 bits per heavy atom. The molecule has 5 heterocycles. The lowest BCUT2D eigenvalue weighted by molar-refractivity contribution is -0.564. The summed E-state index contributed by atoms with van der Waals surface area (Å²) in [4.78, 5) is 29.9. The molecule has 2 aliphatic rings. The van der Waals surface area contributed by atoms with Crippen molar-refractivity contribution in [3.63, 3.8) is 0 Å². The highest BCUT2D eigenvalue weighted by molar-refractivity contribution is 6.39. The Morgan fingerprint density at radius 1 is 0.730 bits per heavy atom. The van der Waals surface area contributed by atoms with Gasteiger partial charge in [-0.2, -0.15) is 5.10 Å². The Kier molecular flexibility index (Phi) is 11.7. The Labute approximate surface area is 369 Å². The summed E-state index contributed by atoms with van der Waals surface area (Å²) in [6.45, 7) is 0.637. The number of carbonyl (C=O) groups excluding carboxylic acids is 2. The number of quaternary nitrogens is 1. The average Bonchev–Trinajstić information content (AvgIpc) is 4.06. The standard InChI is InChI=1S/C46H37Cl2F3N10O2/c47-39-37(45(53-22-35(62)60-19-17-32(50)24-60)56-54-43(39)27-10-5-2-6-11-27)41(52)28-14-15-33(34(51)21-28)30-16-18-59(23-30)36(63)25-61-46-38(42(58-61)26-8-3-1-4-9-26)40(48)44(55-57-46)29-12-7-13-31(49)20-29/h1-15,20-21,30,32,52H,16-19,22-25H2,(H,53,56)/p+1/t30?,32-/m1/s1. The predicted molar refractivity (Wildman–Crippen MR) is 232 cm³/mol. The van der Waals surface area contributed by atoms with Crippen LogP contribution in [0.25, 0.3) is 44.8 Å². The van der Waals surface area contributed by atoms with Crippen molar-refractivity contribution in [3.8, 4) is 33.8 Å². The highest BCUT2D eigenvalue weighted by atomic mass is 35.5. The molecule has 1 unspecified atom stereocenters. The summed E-state index contributed by atoms with van der Waals surface area (Å²) in [5.74, 6) is -1.73. The number of aromatic nitrogens is 6. The average molecular weight is 891 g/mol. The van der Waals surface area contributed by atoms with E-state index in [-0.39, 0.29) is 94.4 Å². The second-order valence-electron chi connectivity index (χ2n) is 15.5. The Morgan fingerprint density at radius 2 is 1.40 bits per heavy atom. The van der Waals surface area contributed by atoms with E-state index in [4.69, 9.17) is 28.3 Å². The fourth-order valence-corrected chi connectivity index (χ4v) is 8.88. The molecule has 7 aromatic rings. The van der Waals surface area contributed by atoms with Crippen LogP contribution in [0.2, 0.25) is 10.0 Å². The summed E-state index contributed by atoms with van der Waals surface area (Å²) in [6.07, 6.45) is -0.299. The highest BCUT2D eigenvalue weighted by Gasteiger charge is 2.32. The predicted octanol–water partition coefficient (Wildman–Crippen LogP) is 7.40. The molecule has 3 aromatic heterocycles. The SMILES string of the molecule is N=C(c1ccc(C2CCN(C(=O)Cn3nc(-c4ccccc4)c4c(Cl)c(-c5cccc(F)c5)nnc43)C2)c(F)c1)c1c([NH2+]CC(=O)N2CC[C@@H](F)C2)nnc(-c2ccccc2)c1Cl. The van der Waals surface area contributed by atoms with Crippen molar-refractivity contribution in [2.24, 2.45) is 0 Å². The fraction of sp³-hybridized carbons (Fsp3) is 0.217. The van der Waals surface area contributed by atoms with E-state index < -0.39 is 17.8 Å². The van der Waals surface area contributed by atoms with Gasteiger partial charge in [0.25, 0.3) is 11.7 Å². The third kappa shape index (κ3) is 8.39. The molecule has 2 amide bonds. The first-order valence-corrected chi connectivity index (χ1v) is 21.1. The van der Waals surface area contributed by atoms with Crippen LogP contribution in [-0.2, 0) is 16.1 Å². The molecule has 63 heavy (non-hydrogen) atoms. The van der Waals surface area contributed by atoms with Gasteiger partial charge in [-0.1, -0.05) is 113 Å². The lowest BCUT2D eigenvalue weighted by Crippen LogP contribution is -2.82. The zero-order valence-electron chi connectivity index (χ0n) is 33.5. The molecule has 2 fully saturated rings. The highest BCUT2D eigenvalue weighted by Crippen LogP contribution is 2.38. The maximum atomic E-state index is 16.2. The number of amides is 2.